The van der Waals surface area contributed by atoms with E-state index >= 15 is 0 Å². The Morgan fingerprint density at radius 3 is 2.19 bits per heavy atom. The first-order chi connectivity index (χ1) is 15.0. The maximum atomic E-state index is 12.3. The number of nitrogens with zero attached hydrogens (tertiary/aromatic N) is 1. The van der Waals surface area contributed by atoms with Crippen molar-refractivity contribution in [1.29, 1.82) is 5.26 Å². The molecule has 7 nitrogen and oxygen atoms in total. The number of hydrogen-bond donors (Lipinski definition) is 3. The van der Waals surface area contributed by atoms with Crippen LogP contribution < -0.4 is 15.4 Å². The average molecular weight is 413 g/mol. The SMILES string of the molecule is N#C/C(=C/NCc1ccc(C(=O)O)cc1)C(=O)Nc1ccc(Oc2ccccc2)cc1. The first kappa shape index (κ1) is 21.1. The van der Waals surface area contributed by atoms with Crippen LogP contribution >= 0.6 is 0 Å². The van der Waals surface area contributed by atoms with E-state index in [9.17, 15) is 14.9 Å². The Morgan fingerprint density at radius 1 is 0.935 bits per heavy atom. The number of aromatic carboxylic acids is 1. The van der Waals surface area contributed by atoms with Crippen molar-refractivity contribution in [2.24, 2.45) is 0 Å². The van der Waals surface area contributed by atoms with Gasteiger partial charge in [0.25, 0.3) is 5.91 Å². The highest BCUT2D eigenvalue weighted by Crippen LogP contribution is 2.22. The highest BCUT2D eigenvalue weighted by Gasteiger charge is 2.09. The van der Waals surface area contributed by atoms with Crippen molar-refractivity contribution in [3.8, 4) is 17.6 Å². The minimum Gasteiger partial charge on any atom is -0.478 e. The van der Waals surface area contributed by atoms with Gasteiger partial charge in [-0.3, -0.25) is 4.79 Å². The molecule has 7 heteroatoms. The van der Waals surface area contributed by atoms with Crippen LogP contribution in [0.25, 0.3) is 0 Å². The second-order valence-corrected chi connectivity index (χ2v) is 6.45. The van der Waals surface area contributed by atoms with Crippen molar-refractivity contribution in [2.75, 3.05) is 5.32 Å². The summed E-state index contributed by atoms with van der Waals surface area (Å²) in [6.45, 7) is 0.337. The third-order valence-electron chi connectivity index (χ3n) is 4.21. The van der Waals surface area contributed by atoms with Crippen molar-refractivity contribution < 1.29 is 19.4 Å². The number of para-hydroxylation sites is 1. The van der Waals surface area contributed by atoms with Crippen LogP contribution in [0.3, 0.4) is 0 Å². The quantitative estimate of drug-likeness (QED) is 0.375. The molecule has 3 N–H and O–H groups in total. The molecule has 0 bridgehead atoms. The van der Waals surface area contributed by atoms with Gasteiger partial charge in [0.05, 0.1) is 5.56 Å². The fraction of sp³-hybridized carbons (Fsp3) is 0.0417. The minimum atomic E-state index is -0.998. The summed E-state index contributed by atoms with van der Waals surface area (Å²) in [7, 11) is 0. The summed E-state index contributed by atoms with van der Waals surface area (Å²) in [5.41, 5.74) is 1.44. The molecule has 0 spiro atoms. The van der Waals surface area contributed by atoms with Gasteiger partial charge in [-0.2, -0.15) is 5.26 Å². The van der Waals surface area contributed by atoms with Gasteiger partial charge < -0.3 is 20.5 Å². The number of anilines is 1. The topological polar surface area (TPSA) is 111 Å². The van der Waals surface area contributed by atoms with E-state index in [0.29, 0.717) is 23.7 Å². The Hall–Kier alpha value is -4.57. The summed E-state index contributed by atoms with van der Waals surface area (Å²) in [4.78, 5) is 23.2. The second-order valence-electron chi connectivity index (χ2n) is 6.45. The Balaban J connectivity index is 1.55. The molecule has 3 aromatic carbocycles. The van der Waals surface area contributed by atoms with Crippen LogP contribution in [0, 0.1) is 11.3 Å². The van der Waals surface area contributed by atoms with E-state index in [1.807, 2.05) is 36.4 Å². The summed E-state index contributed by atoms with van der Waals surface area (Å²) < 4.78 is 5.70. The highest BCUT2D eigenvalue weighted by molar-refractivity contribution is 6.06. The summed E-state index contributed by atoms with van der Waals surface area (Å²) in [5, 5.41) is 23.7. The number of carboxylic acid groups (broad SMARTS) is 1. The molecule has 154 valence electrons. The van der Waals surface area contributed by atoms with Crippen LogP contribution in [0.2, 0.25) is 0 Å². The summed E-state index contributed by atoms with van der Waals surface area (Å²) in [6, 6.07) is 24.3. The lowest BCUT2D eigenvalue weighted by Gasteiger charge is -2.08. The maximum absolute atomic E-state index is 12.3. The zero-order valence-corrected chi connectivity index (χ0v) is 16.4. The standard InChI is InChI=1S/C24H19N3O4/c25-14-19(16-26-15-17-6-8-18(9-7-17)24(29)30)23(28)27-20-10-12-22(13-11-20)31-21-4-2-1-3-5-21/h1-13,16,26H,15H2,(H,27,28)(H,29,30)/b19-16-. The van der Waals surface area contributed by atoms with E-state index in [4.69, 9.17) is 9.84 Å². The van der Waals surface area contributed by atoms with E-state index < -0.39 is 11.9 Å². The molecule has 0 aromatic heterocycles. The normalized spacial score (nSPS) is 10.6. The average Bonchev–Trinajstić information content (AvgIpc) is 2.79. The second kappa shape index (κ2) is 10.3. The molecular formula is C24H19N3O4. The summed E-state index contributed by atoms with van der Waals surface area (Å²) in [5.74, 6) is -0.219. The van der Waals surface area contributed by atoms with Gasteiger partial charge in [0.2, 0.25) is 0 Å². The fourth-order valence-electron chi connectivity index (χ4n) is 2.61. The van der Waals surface area contributed by atoms with E-state index in [2.05, 4.69) is 10.6 Å². The van der Waals surface area contributed by atoms with Crippen LogP contribution in [0.5, 0.6) is 11.5 Å². The Bertz CT molecular complexity index is 1120. The van der Waals surface area contributed by atoms with Gasteiger partial charge in [0.1, 0.15) is 23.1 Å². The van der Waals surface area contributed by atoms with Gasteiger partial charge in [-0.15, -0.1) is 0 Å². The Morgan fingerprint density at radius 2 is 1.58 bits per heavy atom. The number of nitrogens with one attached hydrogen (secondary N) is 2. The molecule has 0 unspecified atom stereocenters. The van der Waals surface area contributed by atoms with Gasteiger partial charge in [-0.05, 0) is 54.1 Å². The number of hydrogen-bond acceptors (Lipinski definition) is 5. The molecule has 0 saturated carbocycles. The molecule has 0 heterocycles. The molecule has 0 radical (unpaired) electrons. The van der Waals surface area contributed by atoms with Crippen LogP contribution in [-0.2, 0) is 11.3 Å². The first-order valence-corrected chi connectivity index (χ1v) is 9.35. The van der Waals surface area contributed by atoms with E-state index in [-0.39, 0.29) is 11.1 Å². The predicted octanol–water partition coefficient (Wildman–Crippen LogP) is 4.31. The van der Waals surface area contributed by atoms with Gasteiger partial charge in [-0.1, -0.05) is 30.3 Å². The molecule has 0 aliphatic heterocycles. The lowest BCUT2D eigenvalue weighted by atomic mass is 10.1. The number of carbonyl (C=O) groups excluding carboxylic acids is 1. The molecule has 3 rings (SSSR count). The molecule has 0 saturated heterocycles. The smallest absolute Gasteiger partial charge is 0.335 e. The molecule has 1 amide bonds. The number of carboxylic acids is 1. The molecule has 31 heavy (non-hydrogen) atoms. The number of carbonyl (C=O) groups is 2. The highest BCUT2D eigenvalue weighted by atomic mass is 16.5. The van der Waals surface area contributed by atoms with Crippen LogP contribution in [-0.4, -0.2) is 17.0 Å². The van der Waals surface area contributed by atoms with E-state index in [0.717, 1.165) is 5.56 Å². The third kappa shape index (κ3) is 6.21. The fourth-order valence-corrected chi connectivity index (χ4v) is 2.61. The molecule has 0 aliphatic rings. The van der Waals surface area contributed by atoms with Crippen molar-refractivity contribution in [1.82, 2.24) is 5.32 Å². The van der Waals surface area contributed by atoms with E-state index in [1.54, 1.807) is 36.4 Å². The van der Waals surface area contributed by atoms with Gasteiger partial charge in [-0.25, -0.2) is 4.79 Å². The zero-order chi connectivity index (χ0) is 22.1. The molecule has 0 atom stereocenters. The molecule has 3 aromatic rings. The number of nitriles is 1. The van der Waals surface area contributed by atoms with Crippen molar-refractivity contribution in [3.05, 3.63) is 102 Å². The van der Waals surface area contributed by atoms with Crippen molar-refractivity contribution in [3.63, 3.8) is 0 Å². The lowest BCUT2D eigenvalue weighted by molar-refractivity contribution is -0.112. The third-order valence-corrected chi connectivity index (χ3v) is 4.21. The predicted molar refractivity (Wildman–Crippen MR) is 116 cm³/mol. The summed E-state index contributed by atoms with van der Waals surface area (Å²) in [6.07, 6.45) is 1.33. The minimum absolute atomic E-state index is 0.0910. The summed E-state index contributed by atoms with van der Waals surface area (Å²) >= 11 is 0. The van der Waals surface area contributed by atoms with E-state index in [1.165, 1.54) is 18.3 Å². The first-order valence-electron chi connectivity index (χ1n) is 9.35. The van der Waals surface area contributed by atoms with Gasteiger partial charge in [0, 0.05) is 18.4 Å². The lowest BCUT2D eigenvalue weighted by Crippen LogP contribution is -2.16. The molecular weight excluding hydrogens is 394 g/mol. The van der Waals surface area contributed by atoms with Crippen LogP contribution in [0.1, 0.15) is 15.9 Å². The number of rotatable bonds is 8. The number of benzene rings is 3. The van der Waals surface area contributed by atoms with Crippen LogP contribution in [0.4, 0.5) is 5.69 Å². The number of amides is 1. The van der Waals surface area contributed by atoms with Crippen molar-refractivity contribution >= 4 is 17.6 Å². The maximum Gasteiger partial charge on any atom is 0.335 e. The molecule has 0 aliphatic carbocycles. The van der Waals surface area contributed by atoms with Crippen LogP contribution in [0.15, 0.2) is 90.6 Å². The molecule has 0 fully saturated rings. The van der Waals surface area contributed by atoms with Crippen molar-refractivity contribution in [2.45, 2.75) is 6.54 Å². The largest absolute Gasteiger partial charge is 0.478 e. The monoisotopic (exact) mass is 413 g/mol. The van der Waals surface area contributed by atoms with Gasteiger partial charge >= 0.3 is 5.97 Å². The van der Waals surface area contributed by atoms with Gasteiger partial charge in [0.15, 0.2) is 0 Å². The number of ether oxygens (including phenoxy) is 1. The zero-order valence-electron chi connectivity index (χ0n) is 16.4. The Kier molecular flexibility index (Phi) is 7.01. The Labute approximate surface area is 179 Å².